The van der Waals surface area contributed by atoms with E-state index in [1.54, 1.807) is 36.4 Å². The molecule has 9 heteroatoms. The third-order valence-electron chi connectivity index (χ3n) is 4.59. The Morgan fingerprint density at radius 3 is 2.83 bits per heavy atom. The molecule has 154 valence electrons. The van der Waals surface area contributed by atoms with Crippen LogP contribution < -0.4 is 14.8 Å². The Morgan fingerprint density at radius 2 is 2.00 bits per heavy atom. The lowest BCUT2D eigenvalue weighted by Gasteiger charge is -2.13. The number of ether oxygens (including phenoxy) is 2. The highest BCUT2D eigenvalue weighted by atomic mass is 32.2. The molecule has 2 aromatic carbocycles. The molecule has 2 aliphatic heterocycles. The van der Waals surface area contributed by atoms with Crippen molar-refractivity contribution in [1.29, 1.82) is 0 Å². The van der Waals surface area contributed by atoms with E-state index in [2.05, 4.69) is 5.32 Å². The van der Waals surface area contributed by atoms with Crippen LogP contribution in [0.3, 0.4) is 0 Å². The third kappa shape index (κ3) is 3.97. The summed E-state index contributed by atoms with van der Waals surface area (Å²) < 4.78 is 10.6. The molecule has 0 atom stereocenters. The van der Waals surface area contributed by atoms with E-state index in [0.717, 1.165) is 22.2 Å². The van der Waals surface area contributed by atoms with Gasteiger partial charge >= 0.3 is 0 Å². The number of carbonyl (C=O) groups is 3. The lowest BCUT2D eigenvalue weighted by molar-refractivity contribution is -0.122. The molecule has 4 rings (SSSR count). The van der Waals surface area contributed by atoms with Crippen LogP contribution in [0, 0.1) is 6.92 Å². The number of fused-ring (bicyclic) bond motifs is 1. The second-order valence-electron chi connectivity index (χ2n) is 6.72. The summed E-state index contributed by atoms with van der Waals surface area (Å²) in [6.45, 7) is 2.06. The molecule has 3 amide bonds. The maximum absolute atomic E-state index is 12.6. The van der Waals surface area contributed by atoms with Crippen molar-refractivity contribution < 1.29 is 29.0 Å². The monoisotopic (exact) mass is 426 g/mol. The van der Waals surface area contributed by atoms with Gasteiger partial charge in [-0.25, -0.2) is 0 Å². The van der Waals surface area contributed by atoms with Gasteiger partial charge in [-0.2, -0.15) is 0 Å². The number of phenolic OH excluding ortho intramolecular Hbond substituents is 1. The largest absolute Gasteiger partial charge is 0.507 e. The molecule has 2 N–H and O–H groups in total. The Hall–Kier alpha value is -3.46. The minimum atomic E-state index is -0.473. The number of aryl methyl sites for hydroxylation is 1. The molecule has 0 aliphatic carbocycles. The number of hydrogen-bond acceptors (Lipinski definition) is 7. The van der Waals surface area contributed by atoms with Crippen LogP contribution in [0.5, 0.6) is 17.2 Å². The van der Waals surface area contributed by atoms with E-state index in [1.165, 1.54) is 6.07 Å². The highest BCUT2D eigenvalue weighted by Crippen LogP contribution is 2.36. The van der Waals surface area contributed by atoms with Crippen LogP contribution in [-0.2, 0) is 4.79 Å². The van der Waals surface area contributed by atoms with Gasteiger partial charge in [0.25, 0.3) is 17.1 Å². The zero-order chi connectivity index (χ0) is 21.3. The fraction of sp³-hybridized carbons (Fsp3) is 0.190. The first-order chi connectivity index (χ1) is 14.4. The number of hydrogen-bond donors (Lipinski definition) is 2. The minimum Gasteiger partial charge on any atom is -0.507 e. The molecule has 0 aromatic heterocycles. The summed E-state index contributed by atoms with van der Waals surface area (Å²) in [5, 5.41) is 12.0. The molecule has 2 aliphatic rings. The van der Waals surface area contributed by atoms with E-state index in [-0.39, 0.29) is 31.2 Å². The standard InChI is InChI=1S/C21H18N2O6S/c1-12-2-4-15(24)14(8-12)19(25)22-6-7-23-20(26)18(30-21(23)27)10-13-3-5-16-17(9-13)29-11-28-16/h2-5,8-10,24H,6-7,11H2,1H3,(H,22,25)/b18-10-. The Morgan fingerprint density at radius 1 is 1.20 bits per heavy atom. The first-order valence-corrected chi connectivity index (χ1v) is 9.97. The Labute approximate surface area is 176 Å². The van der Waals surface area contributed by atoms with Gasteiger partial charge in [0.2, 0.25) is 6.79 Å². The number of carbonyl (C=O) groups excluding carboxylic acids is 3. The van der Waals surface area contributed by atoms with Crippen LogP contribution in [0.4, 0.5) is 4.79 Å². The lowest BCUT2D eigenvalue weighted by Crippen LogP contribution is -2.37. The van der Waals surface area contributed by atoms with Crippen LogP contribution in [0.15, 0.2) is 41.3 Å². The molecule has 0 radical (unpaired) electrons. The van der Waals surface area contributed by atoms with Crippen molar-refractivity contribution in [3.63, 3.8) is 0 Å². The van der Waals surface area contributed by atoms with Gasteiger partial charge in [-0.3, -0.25) is 19.3 Å². The summed E-state index contributed by atoms with van der Waals surface area (Å²) in [5.41, 5.74) is 1.69. The van der Waals surface area contributed by atoms with E-state index in [9.17, 15) is 19.5 Å². The fourth-order valence-electron chi connectivity index (χ4n) is 3.06. The third-order valence-corrected chi connectivity index (χ3v) is 5.49. The molecule has 0 unspecified atom stereocenters. The second-order valence-corrected chi connectivity index (χ2v) is 7.72. The average molecular weight is 426 g/mol. The van der Waals surface area contributed by atoms with Crippen LogP contribution in [-0.4, -0.2) is 46.9 Å². The molecule has 0 saturated carbocycles. The first kappa shape index (κ1) is 19.8. The summed E-state index contributed by atoms with van der Waals surface area (Å²) >= 11 is 0.843. The van der Waals surface area contributed by atoms with Crippen molar-refractivity contribution in [3.05, 3.63) is 58.0 Å². The van der Waals surface area contributed by atoms with Gasteiger partial charge in [0.15, 0.2) is 11.5 Å². The smallest absolute Gasteiger partial charge is 0.293 e. The minimum absolute atomic E-state index is 0.0292. The number of nitrogens with zero attached hydrogens (tertiary/aromatic N) is 1. The van der Waals surface area contributed by atoms with Gasteiger partial charge < -0.3 is 19.9 Å². The zero-order valence-corrected chi connectivity index (χ0v) is 16.8. The fourth-order valence-corrected chi connectivity index (χ4v) is 3.92. The molecule has 0 bridgehead atoms. The highest BCUT2D eigenvalue weighted by molar-refractivity contribution is 8.18. The maximum Gasteiger partial charge on any atom is 0.293 e. The molecule has 30 heavy (non-hydrogen) atoms. The van der Waals surface area contributed by atoms with Gasteiger partial charge in [-0.15, -0.1) is 0 Å². The summed E-state index contributed by atoms with van der Waals surface area (Å²) in [7, 11) is 0. The van der Waals surface area contributed by atoms with Gasteiger partial charge in [0, 0.05) is 13.1 Å². The molecular weight excluding hydrogens is 408 g/mol. The van der Waals surface area contributed by atoms with E-state index in [1.807, 2.05) is 6.92 Å². The molecule has 1 fully saturated rings. The first-order valence-electron chi connectivity index (χ1n) is 9.15. The Kier molecular flexibility index (Phi) is 5.37. The summed E-state index contributed by atoms with van der Waals surface area (Å²) in [4.78, 5) is 38.5. The van der Waals surface area contributed by atoms with Crippen LogP contribution in [0.1, 0.15) is 21.5 Å². The number of amides is 3. The van der Waals surface area contributed by atoms with Crippen molar-refractivity contribution >= 4 is 34.9 Å². The average Bonchev–Trinajstić information content (AvgIpc) is 3.29. The number of aromatic hydroxyl groups is 1. The van der Waals surface area contributed by atoms with Crippen molar-refractivity contribution in [3.8, 4) is 17.2 Å². The Balaban J connectivity index is 1.38. The molecule has 1 saturated heterocycles. The van der Waals surface area contributed by atoms with E-state index in [4.69, 9.17) is 9.47 Å². The highest BCUT2D eigenvalue weighted by Gasteiger charge is 2.34. The number of thioether (sulfide) groups is 1. The summed E-state index contributed by atoms with van der Waals surface area (Å²) in [5.74, 6) is 0.200. The topological polar surface area (TPSA) is 105 Å². The van der Waals surface area contributed by atoms with Crippen LogP contribution >= 0.6 is 11.8 Å². The number of nitrogens with one attached hydrogen (secondary N) is 1. The van der Waals surface area contributed by atoms with Gasteiger partial charge in [0.1, 0.15) is 5.75 Å². The number of imide groups is 1. The van der Waals surface area contributed by atoms with Gasteiger partial charge in [0.05, 0.1) is 10.5 Å². The molecule has 2 heterocycles. The Bertz CT molecular complexity index is 1080. The van der Waals surface area contributed by atoms with Crippen molar-refractivity contribution in [2.45, 2.75) is 6.92 Å². The van der Waals surface area contributed by atoms with Crippen LogP contribution in [0.25, 0.3) is 6.08 Å². The molecular formula is C21H18N2O6S. The SMILES string of the molecule is Cc1ccc(O)c(C(=O)NCCN2C(=O)S/C(=C\c3ccc4c(c3)OCO4)C2=O)c1. The summed E-state index contributed by atoms with van der Waals surface area (Å²) in [6, 6.07) is 9.97. The molecule has 8 nitrogen and oxygen atoms in total. The number of rotatable bonds is 5. The van der Waals surface area contributed by atoms with E-state index in [0.29, 0.717) is 22.0 Å². The van der Waals surface area contributed by atoms with E-state index < -0.39 is 17.1 Å². The van der Waals surface area contributed by atoms with Gasteiger partial charge in [-0.05, 0) is 54.6 Å². The predicted molar refractivity (Wildman–Crippen MR) is 110 cm³/mol. The second kappa shape index (κ2) is 8.11. The molecule has 0 spiro atoms. The molecule has 2 aromatic rings. The van der Waals surface area contributed by atoms with E-state index >= 15 is 0 Å². The lowest BCUT2D eigenvalue weighted by atomic mass is 10.1. The number of phenols is 1. The van der Waals surface area contributed by atoms with Crippen molar-refractivity contribution in [1.82, 2.24) is 10.2 Å². The van der Waals surface area contributed by atoms with Crippen LogP contribution in [0.2, 0.25) is 0 Å². The normalized spacial score (nSPS) is 16.4. The van der Waals surface area contributed by atoms with Crippen molar-refractivity contribution in [2.75, 3.05) is 19.9 Å². The maximum atomic E-state index is 12.6. The summed E-state index contributed by atoms with van der Waals surface area (Å²) in [6.07, 6.45) is 1.62. The quantitative estimate of drug-likeness (QED) is 0.708. The van der Waals surface area contributed by atoms with Gasteiger partial charge in [-0.1, -0.05) is 17.7 Å². The number of benzene rings is 2. The zero-order valence-electron chi connectivity index (χ0n) is 16.0. The van der Waals surface area contributed by atoms with Crippen molar-refractivity contribution in [2.24, 2.45) is 0 Å². The predicted octanol–water partition coefficient (Wildman–Crippen LogP) is 2.90.